The minimum atomic E-state index is 0.00578. The average molecular weight is 379 g/mol. The molecule has 2 rings (SSSR count). The van der Waals surface area contributed by atoms with Crippen molar-refractivity contribution in [2.45, 2.75) is 71.6 Å². The number of amides is 1. The summed E-state index contributed by atoms with van der Waals surface area (Å²) >= 11 is 0. The van der Waals surface area contributed by atoms with E-state index in [0.717, 1.165) is 24.1 Å². The molecule has 0 bridgehead atoms. The molecular weight excluding hydrogens is 344 g/mol. The highest BCUT2D eigenvalue weighted by atomic mass is 16.2. The molecule has 1 amide bonds. The predicted octanol–water partition coefficient (Wildman–Crippen LogP) is 6.72. The Bertz CT molecular complexity index is 720. The second-order valence-corrected chi connectivity index (χ2v) is 7.40. The highest BCUT2D eigenvalue weighted by Crippen LogP contribution is 2.19. The summed E-state index contributed by atoms with van der Waals surface area (Å²) in [5, 5.41) is 4.26. The second-order valence-electron chi connectivity index (χ2n) is 7.40. The minimum Gasteiger partial charge on any atom is -0.273 e. The smallest absolute Gasteiger partial charge is 0.240 e. The standard InChI is InChI=1S/C25H34N2O/c1-3-4-5-6-7-8-9-13-16-25(28)27-26-21(2)22-17-19-24(20-18-22)23-14-11-10-12-15-23/h10-12,14-15,17-20H,3-9,13,16H2,1-2H3,(H,27,28)/b26-21+. The number of unbranched alkanes of at least 4 members (excludes halogenated alkanes) is 7. The summed E-state index contributed by atoms with van der Waals surface area (Å²) in [6.45, 7) is 4.16. The molecule has 150 valence electrons. The molecule has 2 aromatic carbocycles. The molecule has 1 N–H and O–H groups in total. The first-order valence-corrected chi connectivity index (χ1v) is 10.7. The molecule has 28 heavy (non-hydrogen) atoms. The fourth-order valence-electron chi connectivity index (χ4n) is 3.22. The summed E-state index contributed by atoms with van der Waals surface area (Å²) in [4.78, 5) is 12.0. The van der Waals surface area contributed by atoms with Crippen LogP contribution in [0.25, 0.3) is 11.1 Å². The normalized spacial score (nSPS) is 11.4. The molecule has 0 spiro atoms. The Morgan fingerprint density at radius 1 is 0.786 bits per heavy atom. The first-order chi connectivity index (χ1) is 13.7. The van der Waals surface area contributed by atoms with Crippen LogP contribution in [0.15, 0.2) is 59.7 Å². The molecular formula is C25H34N2O. The maximum absolute atomic E-state index is 12.0. The van der Waals surface area contributed by atoms with Gasteiger partial charge in [0.05, 0.1) is 5.71 Å². The lowest BCUT2D eigenvalue weighted by molar-refractivity contribution is -0.121. The number of benzene rings is 2. The van der Waals surface area contributed by atoms with Gasteiger partial charge in [0.15, 0.2) is 0 Å². The molecule has 3 heteroatoms. The number of rotatable bonds is 12. The van der Waals surface area contributed by atoms with Crippen LogP contribution in [0.4, 0.5) is 0 Å². The van der Waals surface area contributed by atoms with Crippen LogP contribution >= 0.6 is 0 Å². The zero-order valence-electron chi connectivity index (χ0n) is 17.4. The summed E-state index contributed by atoms with van der Waals surface area (Å²) in [7, 11) is 0. The van der Waals surface area contributed by atoms with Crippen molar-refractivity contribution in [2.24, 2.45) is 5.10 Å². The molecule has 0 aliphatic carbocycles. The van der Waals surface area contributed by atoms with Gasteiger partial charge >= 0.3 is 0 Å². The van der Waals surface area contributed by atoms with Gasteiger partial charge in [0.2, 0.25) is 5.91 Å². The van der Waals surface area contributed by atoms with Gasteiger partial charge in [-0.05, 0) is 30.0 Å². The molecule has 0 fully saturated rings. The van der Waals surface area contributed by atoms with E-state index < -0.39 is 0 Å². The van der Waals surface area contributed by atoms with E-state index in [1.807, 2.05) is 37.3 Å². The van der Waals surface area contributed by atoms with Crippen molar-refractivity contribution < 1.29 is 4.79 Å². The molecule has 0 aliphatic heterocycles. The van der Waals surface area contributed by atoms with E-state index in [1.165, 1.54) is 49.7 Å². The molecule has 0 saturated carbocycles. The van der Waals surface area contributed by atoms with E-state index >= 15 is 0 Å². The summed E-state index contributed by atoms with van der Waals surface area (Å²) < 4.78 is 0. The molecule has 0 atom stereocenters. The minimum absolute atomic E-state index is 0.00578. The van der Waals surface area contributed by atoms with E-state index in [4.69, 9.17) is 0 Å². The molecule has 3 nitrogen and oxygen atoms in total. The van der Waals surface area contributed by atoms with E-state index in [0.29, 0.717) is 6.42 Å². The Hall–Kier alpha value is -2.42. The topological polar surface area (TPSA) is 41.5 Å². The van der Waals surface area contributed by atoms with Gasteiger partial charge in [0.1, 0.15) is 0 Å². The molecule has 0 aromatic heterocycles. The summed E-state index contributed by atoms with van der Waals surface area (Å²) in [5.41, 5.74) is 6.91. The molecule has 0 saturated heterocycles. The van der Waals surface area contributed by atoms with Crippen LogP contribution < -0.4 is 5.43 Å². The number of hydrogen-bond donors (Lipinski definition) is 1. The monoisotopic (exact) mass is 378 g/mol. The predicted molar refractivity (Wildman–Crippen MR) is 119 cm³/mol. The molecule has 0 heterocycles. The molecule has 0 aliphatic rings. The Morgan fingerprint density at radius 3 is 2.00 bits per heavy atom. The molecule has 0 unspecified atom stereocenters. The quantitative estimate of drug-likeness (QED) is 0.248. The lowest BCUT2D eigenvalue weighted by Crippen LogP contribution is -2.18. The van der Waals surface area contributed by atoms with Crippen molar-refractivity contribution in [3.8, 4) is 11.1 Å². The first kappa shape index (κ1) is 21.9. The Morgan fingerprint density at radius 2 is 1.36 bits per heavy atom. The molecule has 0 radical (unpaired) electrons. The van der Waals surface area contributed by atoms with Gasteiger partial charge in [-0.2, -0.15) is 5.10 Å². The third kappa shape index (κ3) is 8.08. The van der Waals surface area contributed by atoms with Gasteiger partial charge < -0.3 is 0 Å². The highest BCUT2D eigenvalue weighted by molar-refractivity contribution is 5.99. The van der Waals surface area contributed by atoms with Crippen molar-refractivity contribution in [3.05, 3.63) is 60.2 Å². The van der Waals surface area contributed by atoms with Gasteiger partial charge in [0.25, 0.3) is 0 Å². The van der Waals surface area contributed by atoms with Gasteiger partial charge in [0, 0.05) is 6.42 Å². The number of carbonyl (C=O) groups excluding carboxylic acids is 1. The van der Waals surface area contributed by atoms with Crippen LogP contribution in [0.3, 0.4) is 0 Å². The largest absolute Gasteiger partial charge is 0.273 e. The SMILES string of the molecule is CCCCCCCCCCC(=O)N/N=C(\C)c1ccc(-c2ccccc2)cc1. The number of hydrogen-bond acceptors (Lipinski definition) is 2. The van der Waals surface area contributed by atoms with Crippen LogP contribution in [0, 0.1) is 0 Å². The van der Waals surface area contributed by atoms with Crippen LogP contribution in [0.5, 0.6) is 0 Å². The van der Waals surface area contributed by atoms with Crippen LogP contribution in [0.2, 0.25) is 0 Å². The average Bonchev–Trinajstić information content (AvgIpc) is 2.74. The van der Waals surface area contributed by atoms with Crippen molar-refractivity contribution >= 4 is 11.6 Å². The third-order valence-electron chi connectivity index (χ3n) is 5.02. The lowest BCUT2D eigenvalue weighted by Gasteiger charge is -2.05. The summed E-state index contributed by atoms with van der Waals surface area (Å²) in [6, 6.07) is 18.6. The fraction of sp³-hybridized carbons (Fsp3) is 0.440. The third-order valence-corrected chi connectivity index (χ3v) is 5.02. The lowest BCUT2D eigenvalue weighted by atomic mass is 10.0. The van der Waals surface area contributed by atoms with Crippen molar-refractivity contribution in [3.63, 3.8) is 0 Å². The Balaban J connectivity index is 1.69. The van der Waals surface area contributed by atoms with Crippen molar-refractivity contribution in [2.75, 3.05) is 0 Å². The number of nitrogens with zero attached hydrogens (tertiary/aromatic N) is 1. The van der Waals surface area contributed by atoms with Gasteiger partial charge in [-0.15, -0.1) is 0 Å². The van der Waals surface area contributed by atoms with Gasteiger partial charge in [-0.1, -0.05) is 106 Å². The van der Waals surface area contributed by atoms with E-state index in [2.05, 4.69) is 41.7 Å². The first-order valence-electron chi connectivity index (χ1n) is 10.7. The van der Waals surface area contributed by atoms with Crippen LogP contribution in [-0.2, 0) is 4.79 Å². The Kier molecular flexibility index (Phi) is 10.1. The fourth-order valence-corrected chi connectivity index (χ4v) is 3.22. The van der Waals surface area contributed by atoms with E-state index in [1.54, 1.807) is 0 Å². The maximum atomic E-state index is 12.0. The van der Waals surface area contributed by atoms with Gasteiger partial charge in [-0.25, -0.2) is 5.43 Å². The van der Waals surface area contributed by atoms with Gasteiger partial charge in [-0.3, -0.25) is 4.79 Å². The zero-order valence-corrected chi connectivity index (χ0v) is 17.4. The number of nitrogens with one attached hydrogen (secondary N) is 1. The maximum Gasteiger partial charge on any atom is 0.240 e. The van der Waals surface area contributed by atoms with Crippen LogP contribution in [-0.4, -0.2) is 11.6 Å². The molecule has 2 aromatic rings. The number of hydrazone groups is 1. The summed E-state index contributed by atoms with van der Waals surface area (Å²) in [5.74, 6) is 0.00578. The van der Waals surface area contributed by atoms with E-state index in [-0.39, 0.29) is 5.91 Å². The highest BCUT2D eigenvalue weighted by Gasteiger charge is 2.03. The van der Waals surface area contributed by atoms with Crippen LogP contribution in [0.1, 0.15) is 77.2 Å². The summed E-state index contributed by atoms with van der Waals surface area (Å²) in [6.07, 6.45) is 10.4. The zero-order chi connectivity index (χ0) is 20.0. The number of carbonyl (C=O) groups is 1. The van der Waals surface area contributed by atoms with Crippen molar-refractivity contribution in [1.29, 1.82) is 0 Å². The Labute approximate surface area is 170 Å². The second kappa shape index (κ2) is 12.9. The van der Waals surface area contributed by atoms with Crippen molar-refractivity contribution in [1.82, 2.24) is 5.43 Å². The van der Waals surface area contributed by atoms with E-state index in [9.17, 15) is 4.79 Å².